The summed E-state index contributed by atoms with van der Waals surface area (Å²) >= 11 is 5.81. The topological polar surface area (TPSA) is 15.3 Å². The average Bonchev–Trinajstić information content (AvgIpc) is 2.24. The molecule has 0 saturated carbocycles. The summed E-state index contributed by atoms with van der Waals surface area (Å²) in [4.78, 5) is 1.35. The molecule has 0 atom stereocenters. The minimum atomic E-state index is -4.19. The lowest BCUT2D eigenvalue weighted by Gasteiger charge is -2.23. The maximum absolute atomic E-state index is 12.4. The van der Waals surface area contributed by atoms with Crippen LogP contribution in [0, 0.1) is 0 Å². The first-order valence-electron chi connectivity index (χ1n) is 5.59. The van der Waals surface area contributed by atoms with Gasteiger partial charge in [-0.1, -0.05) is 23.7 Å². The minimum Gasteiger partial charge on any atom is -0.318 e. The normalized spacial score (nSPS) is 12.1. The molecule has 0 aliphatic heterocycles. The Labute approximate surface area is 110 Å². The van der Waals surface area contributed by atoms with Gasteiger partial charge in [0.1, 0.15) is 0 Å². The van der Waals surface area contributed by atoms with Gasteiger partial charge in [-0.3, -0.25) is 4.90 Å². The summed E-state index contributed by atoms with van der Waals surface area (Å²) in [6, 6.07) is 6.90. The van der Waals surface area contributed by atoms with Gasteiger partial charge in [-0.2, -0.15) is 13.2 Å². The van der Waals surface area contributed by atoms with Crippen LogP contribution in [0.5, 0.6) is 0 Å². The highest BCUT2D eigenvalue weighted by molar-refractivity contribution is 6.30. The van der Waals surface area contributed by atoms with Crippen LogP contribution >= 0.6 is 11.6 Å². The molecule has 0 radical (unpaired) electrons. The van der Waals surface area contributed by atoms with E-state index in [2.05, 4.69) is 5.32 Å². The van der Waals surface area contributed by atoms with Crippen LogP contribution in [0.1, 0.15) is 5.56 Å². The second-order valence-electron chi connectivity index (χ2n) is 4.06. The summed E-state index contributed by atoms with van der Waals surface area (Å²) in [5, 5.41) is 3.38. The lowest BCUT2D eigenvalue weighted by atomic mass is 10.2. The highest BCUT2D eigenvalue weighted by Crippen LogP contribution is 2.19. The molecule has 1 rings (SSSR count). The van der Waals surface area contributed by atoms with Crippen LogP contribution in [0.3, 0.4) is 0 Å². The fourth-order valence-electron chi connectivity index (χ4n) is 1.63. The molecule has 0 spiro atoms. The van der Waals surface area contributed by atoms with Gasteiger partial charge in [0, 0.05) is 24.7 Å². The van der Waals surface area contributed by atoms with Crippen molar-refractivity contribution in [2.45, 2.75) is 12.7 Å². The van der Waals surface area contributed by atoms with Gasteiger partial charge in [-0.15, -0.1) is 0 Å². The van der Waals surface area contributed by atoms with Crippen LogP contribution < -0.4 is 5.32 Å². The summed E-state index contributed by atoms with van der Waals surface area (Å²) in [6.45, 7) is 0.169. The van der Waals surface area contributed by atoms with Crippen LogP contribution in [-0.4, -0.2) is 37.8 Å². The zero-order chi connectivity index (χ0) is 13.6. The molecule has 6 heteroatoms. The van der Waals surface area contributed by atoms with Crippen molar-refractivity contribution < 1.29 is 13.2 Å². The first-order valence-corrected chi connectivity index (χ1v) is 5.96. The number of hydrogen-bond acceptors (Lipinski definition) is 2. The maximum atomic E-state index is 12.4. The number of benzene rings is 1. The highest BCUT2D eigenvalue weighted by Gasteiger charge is 2.30. The van der Waals surface area contributed by atoms with Crippen molar-refractivity contribution in [1.29, 1.82) is 0 Å². The van der Waals surface area contributed by atoms with E-state index in [-0.39, 0.29) is 6.54 Å². The largest absolute Gasteiger partial charge is 0.401 e. The van der Waals surface area contributed by atoms with E-state index in [1.165, 1.54) is 4.90 Å². The summed E-state index contributed by atoms with van der Waals surface area (Å²) in [5.74, 6) is 0. The molecule has 1 aromatic rings. The highest BCUT2D eigenvalue weighted by atomic mass is 35.5. The zero-order valence-electron chi connectivity index (χ0n) is 10.1. The SMILES string of the molecule is CNCCN(Cc1cccc(Cl)c1)CC(F)(F)F. The Hall–Kier alpha value is -0.780. The van der Waals surface area contributed by atoms with Crippen molar-refractivity contribution in [3.63, 3.8) is 0 Å². The fraction of sp³-hybridized carbons (Fsp3) is 0.500. The lowest BCUT2D eigenvalue weighted by Crippen LogP contribution is -2.37. The molecule has 0 aromatic heterocycles. The van der Waals surface area contributed by atoms with Crippen LogP contribution in [0.4, 0.5) is 13.2 Å². The van der Waals surface area contributed by atoms with E-state index in [1.54, 1.807) is 31.3 Å². The number of nitrogens with zero attached hydrogens (tertiary/aromatic N) is 1. The number of nitrogens with one attached hydrogen (secondary N) is 1. The van der Waals surface area contributed by atoms with E-state index in [9.17, 15) is 13.2 Å². The third-order valence-corrected chi connectivity index (χ3v) is 2.61. The molecular weight excluding hydrogens is 265 g/mol. The molecule has 1 N–H and O–H groups in total. The summed E-state index contributed by atoms with van der Waals surface area (Å²) in [7, 11) is 1.71. The Bertz CT molecular complexity index is 369. The van der Waals surface area contributed by atoms with Gasteiger partial charge in [0.2, 0.25) is 0 Å². The Morgan fingerprint density at radius 2 is 2.06 bits per heavy atom. The summed E-state index contributed by atoms with van der Waals surface area (Å²) in [6.07, 6.45) is -4.19. The van der Waals surface area contributed by atoms with E-state index in [0.29, 0.717) is 18.1 Å². The van der Waals surface area contributed by atoms with Crippen molar-refractivity contribution in [3.8, 4) is 0 Å². The Morgan fingerprint density at radius 3 is 2.61 bits per heavy atom. The summed E-state index contributed by atoms with van der Waals surface area (Å²) in [5.41, 5.74) is 0.780. The van der Waals surface area contributed by atoms with Crippen LogP contribution in [0.25, 0.3) is 0 Å². The smallest absolute Gasteiger partial charge is 0.318 e. The Balaban J connectivity index is 2.65. The molecule has 0 bridgehead atoms. The lowest BCUT2D eigenvalue weighted by molar-refractivity contribution is -0.146. The van der Waals surface area contributed by atoms with Crippen molar-refractivity contribution >= 4 is 11.6 Å². The van der Waals surface area contributed by atoms with Gasteiger partial charge < -0.3 is 5.32 Å². The third-order valence-electron chi connectivity index (χ3n) is 2.38. The standard InChI is InChI=1S/C12H16ClF3N2/c1-17-5-6-18(9-12(14,15)16)8-10-3-2-4-11(13)7-10/h2-4,7,17H,5-6,8-9H2,1H3. The Morgan fingerprint density at radius 1 is 1.33 bits per heavy atom. The summed E-state index contributed by atoms with van der Waals surface area (Å²) < 4.78 is 37.3. The minimum absolute atomic E-state index is 0.238. The molecule has 2 nitrogen and oxygen atoms in total. The molecule has 0 amide bonds. The number of halogens is 4. The second kappa shape index (κ2) is 6.97. The van der Waals surface area contributed by atoms with Gasteiger partial charge in [0.15, 0.2) is 0 Å². The van der Waals surface area contributed by atoms with Crippen molar-refractivity contribution in [3.05, 3.63) is 34.9 Å². The predicted molar refractivity (Wildman–Crippen MR) is 66.7 cm³/mol. The van der Waals surface area contributed by atoms with Crippen molar-refractivity contribution in [1.82, 2.24) is 10.2 Å². The molecule has 0 saturated heterocycles. The van der Waals surface area contributed by atoms with E-state index in [4.69, 9.17) is 11.6 Å². The van der Waals surface area contributed by atoms with Gasteiger partial charge in [-0.05, 0) is 24.7 Å². The van der Waals surface area contributed by atoms with Gasteiger partial charge >= 0.3 is 6.18 Å². The molecule has 102 valence electrons. The molecule has 0 unspecified atom stereocenters. The van der Waals surface area contributed by atoms with Gasteiger partial charge in [-0.25, -0.2) is 0 Å². The van der Waals surface area contributed by atoms with Crippen LogP contribution in [0.15, 0.2) is 24.3 Å². The predicted octanol–water partition coefficient (Wildman–Crippen LogP) is 2.92. The first-order chi connectivity index (χ1) is 8.40. The van der Waals surface area contributed by atoms with Gasteiger partial charge in [0.05, 0.1) is 6.54 Å². The van der Waals surface area contributed by atoms with E-state index < -0.39 is 12.7 Å². The number of rotatable bonds is 6. The van der Waals surface area contributed by atoms with Crippen LogP contribution in [0.2, 0.25) is 5.02 Å². The molecule has 1 aromatic carbocycles. The molecule has 0 heterocycles. The van der Waals surface area contributed by atoms with Crippen molar-refractivity contribution in [2.75, 3.05) is 26.7 Å². The molecule has 0 aliphatic rings. The van der Waals surface area contributed by atoms with Crippen LogP contribution in [-0.2, 0) is 6.54 Å². The zero-order valence-corrected chi connectivity index (χ0v) is 10.9. The van der Waals surface area contributed by atoms with E-state index >= 15 is 0 Å². The van der Waals surface area contributed by atoms with E-state index in [0.717, 1.165) is 5.56 Å². The van der Waals surface area contributed by atoms with E-state index in [1.807, 2.05) is 0 Å². The second-order valence-corrected chi connectivity index (χ2v) is 4.50. The number of hydrogen-bond donors (Lipinski definition) is 1. The molecule has 0 fully saturated rings. The molecule has 18 heavy (non-hydrogen) atoms. The molecule has 0 aliphatic carbocycles. The average molecular weight is 281 g/mol. The van der Waals surface area contributed by atoms with Gasteiger partial charge in [0.25, 0.3) is 0 Å². The third kappa shape index (κ3) is 6.23. The quantitative estimate of drug-likeness (QED) is 0.862. The number of alkyl halides is 3. The first kappa shape index (κ1) is 15.3. The molecular formula is C12H16ClF3N2. The van der Waals surface area contributed by atoms with Crippen molar-refractivity contribution in [2.24, 2.45) is 0 Å². The fourth-order valence-corrected chi connectivity index (χ4v) is 1.84. The Kier molecular flexibility index (Phi) is 5.91. The monoisotopic (exact) mass is 280 g/mol. The number of likely N-dealkylation sites (N-methyl/N-ethyl adjacent to an activating group) is 1. The maximum Gasteiger partial charge on any atom is 0.401 e.